The van der Waals surface area contributed by atoms with Gasteiger partial charge in [0, 0.05) is 178 Å². The maximum atomic E-state index is 11.7. The second-order valence-electron chi connectivity index (χ2n) is 39.5. The van der Waals surface area contributed by atoms with E-state index in [0.717, 1.165) is 88.6 Å². The number of amides is 8. The number of carbonyl (C=O) groups is 12. The number of ketones is 2. The van der Waals surface area contributed by atoms with Gasteiger partial charge in [0.15, 0.2) is 0 Å². The number of methoxy groups -OCH3 is 1. The smallest absolute Gasteiger partial charge is 0.308 e. The number of likely N-dealkylation sites (N-methyl/N-ethyl adjacent to an activating group) is 2. The molecule has 3 saturated carbocycles. The van der Waals surface area contributed by atoms with E-state index in [9.17, 15) is 57.5 Å². The lowest BCUT2D eigenvalue weighted by atomic mass is 9.91. The number of nitrogens with one attached hydrogen (secondary N) is 2. The monoisotopic (exact) mass is 1860 g/mol. The zero-order valence-corrected chi connectivity index (χ0v) is 94.5. The van der Waals surface area contributed by atoms with Crippen LogP contribution in [0.25, 0.3) is 0 Å². The van der Waals surface area contributed by atoms with Crippen molar-refractivity contribution in [2.45, 2.75) is 403 Å². The predicted molar refractivity (Wildman–Crippen MR) is 553 cm³/mol. The summed E-state index contributed by atoms with van der Waals surface area (Å²) in [6.07, 6.45) is 24.1. The maximum absolute atomic E-state index is 11.7. The van der Waals surface area contributed by atoms with Crippen LogP contribution in [0.15, 0.2) is 0 Å². The lowest BCUT2D eigenvalue weighted by Crippen LogP contribution is -2.41. The largest absolute Gasteiger partial charge is 0.469 e. The van der Waals surface area contributed by atoms with Crippen LogP contribution in [0.1, 0.15) is 385 Å². The molecule has 5 aliphatic rings. The van der Waals surface area contributed by atoms with E-state index in [2.05, 4.69) is 92.3 Å². The number of likely N-dealkylation sites (tertiary alicyclic amines) is 2. The van der Waals surface area contributed by atoms with Crippen LogP contribution in [0.2, 0.25) is 0 Å². The Morgan fingerprint density at radius 1 is 0.392 bits per heavy atom. The first kappa shape index (κ1) is 147. The van der Waals surface area contributed by atoms with Crippen molar-refractivity contribution in [2.75, 3.05) is 130 Å². The van der Waals surface area contributed by atoms with Gasteiger partial charge in [-0.25, -0.2) is 0 Å². The van der Waals surface area contributed by atoms with Crippen molar-refractivity contribution in [2.24, 2.45) is 88.8 Å². The van der Waals surface area contributed by atoms with E-state index in [0.29, 0.717) is 36.2 Å². The molecule has 2 saturated heterocycles. The first-order chi connectivity index (χ1) is 60.0. The molecule has 2 N–H and O–H groups in total. The maximum Gasteiger partial charge on any atom is 0.308 e. The van der Waals surface area contributed by atoms with Crippen molar-refractivity contribution >= 4 is 70.8 Å². The summed E-state index contributed by atoms with van der Waals surface area (Å²) in [6.45, 7) is 82.6. The quantitative estimate of drug-likeness (QED) is 0.0762. The van der Waals surface area contributed by atoms with E-state index < -0.39 is 0 Å². The highest BCUT2D eigenvalue weighted by atomic mass is 16.5. The number of piperidine rings is 1. The molecule has 0 aromatic rings. The van der Waals surface area contributed by atoms with E-state index in [-0.39, 0.29) is 118 Å². The van der Waals surface area contributed by atoms with Crippen LogP contribution in [-0.2, 0) is 67.0 Å². The van der Waals surface area contributed by atoms with Crippen molar-refractivity contribution in [3.8, 4) is 0 Å². The number of esters is 2. The highest BCUT2D eigenvalue weighted by Crippen LogP contribution is 2.33. The molecule has 0 atom stereocenters. The topological polar surface area (TPSA) is 273 Å². The van der Waals surface area contributed by atoms with Crippen LogP contribution in [0.4, 0.5) is 0 Å². The molecule has 0 unspecified atom stereocenters. The minimum absolute atomic E-state index is 0.00463. The average molecular weight is 1860 g/mol. The Labute approximate surface area is 804 Å². The predicted octanol–water partition coefficient (Wildman–Crippen LogP) is 21.7. The van der Waals surface area contributed by atoms with Crippen molar-refractivity contribution in [3.05, 3.63) is 0 Å². The van der Waals surface area contributed by atoms with Gasteiger partial charge in [-0.2, -0.15) is 0 Å². The lowest BCUT2D eigenvalue weighted by molar-refractivity contribution is -0.147. The van der Waals surface area contributed by atoms with Gasteiger partial charge in [0.25, 0.3) is 0 Å². The van der Waals surface area contributed by atoms with Gasteiger partial charge in [-0.15, -0.1) is 0 Å². The van der Waals surface area contributed by atoms with Gasteiger partial charge in [-0.3, -0.25) is 57.5 Å². The van der Waals surface area contributed by atoms with Crippen LogP contribution >= 0.6 is 0 Å². The summed E-state index contributed by atoms with van der Waals surface area (Å²) < 4.78 is 9.04. The Morgan fingerprint density at radius 2 is 0.754 bits per heavy atom. The Hall–Kier alpha value is -6.04. The summed E-state index contributed by atoms with van der Waals surface area (Å²) in [5, 5.41) is 5.23. The molecule has 8 amide bonds. The summed E-state index contributed by atoms with van der Waals surface area (Å²) >= 11 is 0. The number of ether oxygens (including phenoxy) is 2. The van der Waals surface area contributed by atoms with Crippen LogP contribution in [0.5, 0.6) is 0 Å². The standard InChI is InChI=1S/C11H21NO.C9H20N2O.C9H17NO.C8H15NO.C8H17N.C8H14O.C7H15NO.2C6H13NO.C6H12O2.C6H14.C5H11NO.C5H10O2.C5H10O.C5H12.C2H6/c1-9(2)11(13)12(3)10-7-5-4-6-8-10;1-8(2)9(12)11(5)7-6-10(3)4;1-8(2)9(11)10-6-4-3-5-7-10;1-7(2)8(10)9-5-3-4-6-9;1-7(2)9(3)8-5-4-6-8;1-6(2)8(9)5-7-3-4-7;1-5-8(4)7(9)6(2)3;1-5(2)6(8)7(3)4;1-4-7-6(8)5(2)3;1-4-8-6(7)5(2)3;1-4-5-6(2)3;1-4(2)5(7)6-3;1-4(2)5(6)7-3;1-4(2)5(3)6;1-4-5(2)3;1-2/h9-10H,4-8H2,1-3H3;8H,6-7H2,1-5H3;8H,3-7H2,1-2H3;7H,3-6H2,1-2H3;7-8H,4-6H2,1-3H3;6-7H,3-5H2,1-2H3;6H,5H2,1-4H3;5H,1-4H3;5H,4H2,1-3H3,(H,7,8);5H,4H2,1-3H3;6H,4-5H2,1-3H3;4H,1-3H3,(H,6,7);4H,1-3H3;4H,1-3H3;5H,4H2,1-3H3;1-2H3. The SMILES string of the molecule is CC.CC(=O)C(C)C.CC(C)C(=O)CC1CC1.CC(C)C(=O)N(C)C.CC(C)C(=O)N(C)C1CCCCC1.CC(C)C(=O)N(C)CCN(C)C.CC(C)C(=O)N1CCCC1.CC(C)C(=O)N1CCCCC1.CC(C)N(C)C1CCC1.CCC(C)C.CCCC(C)C.CCN(C)C(=O)C(C)C.CCNC(=O)C(C)C.CCOC(=O)C(C)C.CNC(=O)C(C)C.COC(=O)C(C)C. The first-order valence-electron chi connectivity index (χ1n) is 50.7. The molecule has 130 heavy (non-hydrogen) atoms. The molecule has 2 heterocycles. The van der Waals surface area contributed by atoms with Crippen LogP contribution in [0, 0.1) is 88.8 Å². The summed E-state index contributed by atoms with van der Waals surface area (Å²) in [5.41, 5.74) is 0. The molecule has 24 heteroatoms. The van der Waals surface area contributed by atoms with Crippen molar-refractivity contribution in [3.63, 3.8) is 0 Å². The lowest BCUT2D eigenvalue weighted by Gasteiger charge is -2.37. The second kappa shape index (κ2) is 93.4. The third kappa shape index (κ3) is 96.5. The fourth-order valence-electron chi connectivity index (χ4n) is 10.7. The zero-order chi connectivity index (χ0) is 105. The molecule has 778 valence electrons. The molecule has 2 aliphatic heterocycles. The van der Waals surface area contributed by atoms with E-state index in [1.54, 1.807) is 63.5 Å². The summed E-state index contributed by atoms with van der Waals surface area (Å²) in [7, 11) is 18.4. The zero-order valence-electron chi connectivity index (χ0n) is 94.5. The highest BCUT2D eigenvalue weighted by molar-refractivity contribution is 5.82. The average Bonchev–Trinajstić information content (AvgIpc) is 1.76. The van der Waals surface area contributed by atoms with Crippen LogP contribution in [0.3, 0.4) is 0 Å². The molecule has 5 fully saturated rings. The fourth-order valence-corrected chi connectivity index (χ4v) is 10.7. The third-order valence-electron chi connectivity index (χ3n) is 20.9. The molecule has 3 aliphatic carbocycles. The van der Waals surface area contributed by atoms with E-state index in [4.69, 9.17) is 0 Å². The van der Waals surface area contributed by atoms with E-state index in [1.165, 1.54) is 123 Å². The number of Topliss-reactive ketones (excluding diaryl/α,β-unsaturated/α-hetero) is 2. The Morgan fingerprint density at radius 3 is 0.931 bits per heavy atom. The highest BCUT2D eigenvalue weighted by Gasteiger charge is 2.27. The van der Waals surface area contributed by atoms with Gasteiger partial charge in [-0.05, 0) is 151 Å². The second-order valence-corrected chi connectivity index (χ2v) is 39.5. The molecule has 0 aromatic carbocycles. The molecule has 0 bridgehead atoms. The van der Waals surface area contributed by atoms with Gasteiger partial charge in [0.1, 0.15) is 11.6 Å². The normalized spacial score (nSPS) is 13.4. The number of hydrogen-bond donors (Lipinski definition) is 2. The number of hydrogen-bond acceptors (Lipinski definition) is 16. The molecule has 24 nitrogen and oxygen atoms in total. The number of nitrogens with zero attached hydrogens (tertiary/aromatic N) is 8. The Kier molecular flexibility index (Phi) is 105. The first-order valence-corrected chi connectivity index (χ1v) is 50.7. The Balaban J connectivity index is -0.000000130. The fraction of sp³-hybridized carbons (Fsp3) is 0.887. The summed E-state index contributed by atoms with van der Waals surface area (Å²) in [5.74, 6) is 6.36. The van der Waals surface area contributed by atoms with Crippen molar-refractivity contribution < 1.29 is 67.0 Å². The van der Waals surface area contributed by atoms with Crippen LogP contribution < -0.4 is 10.6 Å². The van der Waals surface area contributed by atoms with Gasteiger partial charge in [0.2, 0.25) is 47.3 Å². The van der Waals surface area contributed by atoms with Crippen LogP contribution in [-0.4, -0.2) is 258 Å². The molecular formula is C106H220N10O14. The molecule has 0 spiro atoms. The van der Waals surface area contributed by atoms with E-state index >= 15 is 0 Å². The number of carbonyl (C=O) groups excluding carboxylic acids is 12. The number of rotatable bonds is 26. The van der Waals surface area contributed by atoms with Gasteiger partial charge in [-0.1, -0.05) is 267 Å². The third-order valence-corrected chi connectivity index (χ3v) is 20.9. The van der Waals surface area contributed by atoms with Crippen molar-refractivity contribution in [1.29, 1.82) is 0 Å². The van der Waals surface area contributed by atoms with Crippen molar-refractivity contribution in [1.82, 2.24) is 49.8 Å². The van der Waals surface area contributed by atoms with Gasteiger partial charge < -0.3 is 59.3 Å². The molecule has 0 radical (unpaired) electrons. The summed E-state index contributed by atoms with van der Waals surface area (Å²) in [4.78, 5) is 146. The van der Waals surface area contributed by atoms with Gasteiger partial charge in [0.05, 0.1) is 25.6 Å². The van der Waals surface area contributed by atoms with E-state index in [1.807, 2.05) is 230 Å². The van der Waals surface area contributed by atoms with Gasteiger partial charge >= 0.3 is 11.9 Å². The summed E-state index contributed by atoms with van der Waals surface area (Å²) in [6, 6.07) is 2.16. The molecule has 0 aromatic heterocycles. The Bertz CT molecular complexity index is 2690. The minimum Gasteiger partial charge on any atom is -0.469 e. The molecular weight excluding hydrogens is 1640 g/mol. The molecule has 5 rings (SSSR count). The minimum atomic E-state index is -0.153.